The molecule has 0 saturated carbocycles. The van der Waals surface area contributed by atoms with Crippen molar-refractivity contribution >= 4 is 11.9 Å². The molecule has 4 nitrogen and oxygen atoms in total. The number of hydrogen-bond acceptors (Lipinski definition) is 2. The second-order valence-electron chi connectivity index (χ2n) is 3.69. The number of hydrogen-bond donors (Lipinski definition) is 2. The minimum absolute atomic E-state index is 0.163. The highest BCUT2D eigenvalue weighted by atomic mass is 19.1. The molecule has 0 aliphatic carbocycles. The lowest BCUT2D eigenvalue weighted by molar-refractivity contribution is -0.145. The van der Waals surface area contributed by atoms with Crippen molar-refractivity contribution in [2.45, 2.75) is 5.92 Å². The number of carbonyl (C=O) groups excluding carboxylic acids is 1. The van der Waals surface area contributed by atoms with Crippen LogP contribution < -0.4 is 5.32 Å². The van der Waals surface area contributed by atoms with E-state index in [0.717, 1.165) is 0 Å². The van der Waals surface area contributed by atoms with Crippen LogP contribution >= 0.6 is 0 Å². The maximum atomic E-state index is 13.5. The zero-order chi connectivity index (χ0) is 11.7. The van der Waals surface area contributed by atoms with Crippen LogP contribution in [0.4, 0.5) is 4.39 Å². The summed E-state index contributed by atoms with van der Waals surface area (Å²) in [4.78, 5) is 22.2. The molecule has 0 bridgehead atoms. The summed E-state index contributed by atoms with van der Waals surface area (Å²) in [7, 11) is 0. The molecular formula is C11H10FNO3. The van der Waals surface area contributed by atoms with Crippen LogP contribution in [0.2, 0.25) is 0 Å². The fourth-order valence-electron chi connectivity index (χ4n) is 1.97. The van der Waals surface area contributed by atoms with E-state index >= 15 is 0 Å². The van der Waals surface area contributed by atoms with E-state index in [-0.39, 0.29) is 12.1 Å². The van der Waals surface area contributed by atoms with Crippen molar-refractivity contribution in [3.05, 3.63) is 35.6 Å². The van der Waals surface area contributed by atoms with Gasteiger partial charge in [0.25, 0.3) is 0 Å². The third-order valence-electron chi connectivity index (χ3n) is 2.75. The molecule has 1 fully saturated rings. The van der Waals surface area contributed by atoms with Gasteiger partial charge in [-0.05, 0) is 11.6 Å². The number of benzene rings is 1. The minimum atomic E-state index is -1.22. The first kappa shape index (κ1) is 10.6. The normalized spacial score (nSPS) is 24.2. The molecule has 16 heavy (non-hydrogen) atoms. The van der Waals surface area contributed by atoms with Gasteiger partial charge in [0.05, 0.1) is 0 Å². The minimum Gasteiger partial charge on any atom is -0.481 e. The summed E-state index contributed by atoms with van der Waals surface area (Å²) in [5, 5.41) is 11.4. The summed E-state index contributed by atoms with van der Waals surface area (Å²) >= 11 is 0. The quantitative estimate of drug-likeness (QED) is 0.727. The highest BCUT2D eigenvalue weighted by Crippen LogP contribution is 2.30. The van der Waals surface area contributed by atoms with E-state index in [1.807, 2.05) is 0 Å². The summed E-state index contributed by atoms with van der Waals surface area (Å²) in [6.07, 6.45) is 0. The highest BCUT2D eigenvalue weighted by molar-refractivity contribution is 5.99. The number of amides is 1. The number of nitrogens with one attached hydrogen (secondary N) is 1. The molecule has 0 unspecified atom stereocenters. The molecule has 1 aromatic carbocycles. The molecule has 5 heteroatoms. The SMILES string of the molecule is O=C(O)[C@H]1C(=O)NC[C@@H]1c1ccccc1F. The Morgan fingerprint density at radius 2 is 2.12 bits per heavy atom. The van der Waals surface area contributed by atoms with Crippen molar-refractivity contribution in [2.75, 3.05) is 6.54 Å². The maximum Gasteiger partial charge on any atom is 0.316 e. The number of halogens is 1. The molecule has 1 saturated heterocycles. The Bertz CT molecular complexity index is 447. The van der Waals surface area contributed by atoms with E-state index in [0.29, 0.717) is 0 Å². The molecule has 1 aliphatic heterocycles. The number of carboxylic acids is 1. The van der Waals surface area contributed by atoms with Crippen LogP contribution in [0.5, 0.6) is 0 Å². The van der Waals surface area contributed by atoms with Crippen LogP contribution in [-0.2, 0) is 9.59 Å². The van der Waals surface area contributed by atoms with E-state index in [9.17, 15) is 14.0 Å². The monoisotopic (exact) mass is 223 g/mol. The number of aliphatic carboxylic acids is 1. The van der Waals surface area contributed by atoms with Gasteiger partial charge in [-0.15, -0.1) is 0 Å². The second-order valence-corrected chi connectivity index (χ2v) is 3.69. The number of rotatable bonds is 2. The standard InChI is InChI=1S/C11H10FNO3/c12-8-4-2-1-3-6(8)7-5-13-10(14)9(7)11(15)16/h1-4,7,9H,5H2,(H,13,14)(H,15,16)/t7-,9-/m1/s1. The molecule has 2 rings (SSSR count). The van der Waals surface area contributed by atoms with E-state index in [4.69, 9.17) is 5.11 Å². The van der Waals surface area contributed by atoms with E-state index in [2.05, 4.69) is 5.32 Å². The van der Waals surface area contributed by atoms with Crippen LogP contribution in [-0.4, -0.2) is 23.5 Å². The van der Waals surface area contributed by atoms with Gasteiger partial charge in [0.1, 0.15) is 11.7 Å². The fraction of sp³-hybridized carbons (Fsp3) is 0.273. The molecule has 1 heterocycles. The molecule has 1 amide bonds. The molecule has 1 aromatic rings. The number of carboxylic acid groups (broad SMARTS) is 1. The molecule has 2 N–H and O–H groups in total. The lowest BCUT2D eigenvalue weighted by atomic mass is 9.88. The molecule has 84 valence electrons. The molecule has 2 atom stereocenters. The van der Waals surface area contributed by atoms with Crippen molar-refractivity contribution < 1.29 is 19.1 Å². The average Bonchev–Trinajstić information content (AvgIpc) is 2.61. The zero-order valence-electron chi connectivity index (χ0n) is 8.31. The van der Waals surface area contributed by atoms with Gasteiger partial charge in [-0.2, -0.15) is 0 Å². The maximum absolute atomic E-state index is 13.5. The van der Waals surface area contributed by atoms with Gasteiger partial charge >= 0.3 is 5.97 Å². The van der Waals surface area contributed by atoms with Crippen LogP contribution in [0.15, 0.2) is 24.3 Å². The summed E-state index contributed by atoms with van der Waals surface area (Å²) in [5.41, 5.74) is 0.272. The molecular weight excluding hydrogens is 213 g/mol. The van der Waals surface area contributed by atoms with Crippen LogP contribution in [0, 0.1) is 11.7 Å². The summed E-state index contributed by atoms with van der Waals surface area (Å²) < 4.78 is 13.5. The lowest BCUT2D eigenvalue weighted by Gasteiger charge is -2.13. The van der Waals surface area contributed by atoms with Gasteiger partial charge in [0.15, 0.2) is 0 Å². The molecule has 1 aliphatic rings. The average molecular weight is 223 g/mol. The lowest BCUT2D eigenvalue weighted by Crippen LogP contribution is -2.27. The van der Waals surface area contributed by atoms with E-state index < -0.39 is 29.5 Å². The topological polar surface area (TPSA) is 66.4 Å². The Morgan fingerprint density at radius 3 is 2.75 bits per heavy atom. The van der Waals surface area contributed by atoms with E-state index in [1.165, 1.54) is 18.2 Å². The Hall–Kier alpha value is -1.91. The largest absolute Gasteiger partial charge is 0.481 e. The summed E-state index contributed by atoms with van der Waals surface area (Å²) in [6.45, 7) is 0.163. The van der Waals surface area contributed by atoms with Crippen LogP contribution in [0.1, 0.15) is 11.5 Å². The van der Waals surface area contributed by atoms with Crippen molar-refractivity contribution in [3.63, 3.8) is 0 Å². The summed E-state index contributed by atoms with van der Waals surface area (Å²) in [6, 6.07) is 5.92. The van der Waals surface area contributed by atoms with Crippen LogP contribution in [0.25, 0.3) is 0 Å². The number of carbonyl (C=O) groups is 2. The van der Waals surface area contributed by atoms with Crippen molar-refractivity contribution in [1.29, 1.82) is 0 Å². The third kappa shape index (κ3) is 1.64. The predicted molar refractivity (Wildman–Crippen MR) is 53.3 cm³/mol. The van der Waals surface area contributed by atoms with Crippen molar-refractivity contribution in [1.82, 2.24) is 5.32 Å². The van der Waals surface area contributed by atoms with Gasteiger partial charge in [-0.25, -0.2) is 4.39 Å². The Morgan fingerprint density at radius 1 is 1.44 bits per heavy atom. The molecule has 0 radical (unpaired) electrons. The first-order chi connectivity index (χ1) is 7.61. The molecule has 0 spiro atoms. The van der Waals surface area contributed by atoms with Gasteiger partial charge in [-0.1, -0.05) is 18.2 Å². The third-order valence-corrected chi connectivity index (χ3v) is 2.75. The van der Waals surface area contributed by atoms with Gasteiger partial charge in [0.2, 0.25) is 5.91 Å². The Kier molecular flexibility index (Phi) is 2.60. The fourth-order valence-corrected chi connectivity index (χ4v) is 1.97. The van der Waals surface area contributed by atoms with Crippen LogP contribution in [0.3, 0.4) is 0 Å². The highest BCUT2D eigenvalue weighted by Gasteiger charge is 2.41. The summed E-state index contributed by atoms with van der Waals surface area (Å²) in [5.74, 6) is -4.08. The smallest absolute Gasteiger partial charge is 0.316 e. The van der Waals surface area contributed by atoms with Crippen molar-refractivity contribution in [2.24, 2.45) is 5.92 Å². The van der Waals surface area contributed by atoms with Gasteiger partial charge in [-0.3, -0.25) is 9.59 Å². The Labute approximate surface area is 91.1 Å². The van der Waals surface area contributed by atoms with E-state index in [1.54, 1.807) is 6.07 Å². The first-order valence-corrected chi connectivity index (χ1v) is 4.86. The zero-order valence-corrected chi connectivity index (χ0v) is 8.31. The van der Waals surface area contributed by atoms with Gasteiger partial charge in [0, 0.05) is 12.5 Å². The Balaban J connectivity index is 2.38. The molecule has 0 aromatic heterocycles. The van der Waals surface area contributed by atoms with Gasteiger partial charge < -0.3 is 10.4 Å². The second kappa shape index (κ2) is 3.92. The van der Waals surface area contributed by atoms with Crippen molar-refractivity contribution in [3.8, 4) is 0 Å². The first-order valence-electron chi connectivity index (χ1n) is 4.86. The predicted octanol–water partition coefficient (Wildman–Crippen LogP) is 0.740.